The molecule has 3 nitrogen and oxygen atoms in total. The van der Waals surface area contributed by atoms with Gasteiger partial charge >= 0.3 is 0 Å². The minimum absolute atomic E-state index is 0.137. The molecule has 0 bridgehead atoms. The fourth-order valence-corrected chi connectivity index (χ4v) is 1.94. The third-order valence-corrected chi connectivity index (χ3v) is 3.03. The lowest BCUT2D eigenvalue weighted by atomic mass is 10.1. The summed E-state index contributed by atoms with van der Waals surface area (Å²) >= 11 is 3.43. The lowest BCUT2D eigenvalue weighted by Crippen LogP contribution is -2.48. The van der Waals surface area contributed by atoms with E-state index in [4.69, 9.17) is 4.74 Å². The van der Waals surface area contributed by atoms with Crippen LogP contribution in [0.5, 0.6) is 0 Å². The maximum Gasteiger partial charge on any atom is 0.239 e. The first kappa shape index (κ1) is 15.9. The van der Waals surface area contributed by atoms with Crippen molar-refractivity contribution in [3.63, 3.8) is 0 Å². The van der Waals surface area contributed by atoms with Gasteiger partial charge in [0.25, 0.3) is 0 Å². The predicted molar refractivity (Wildman–Crippen MR) is 71.0 cm³/mol. The Hall–Kier alpha value is -0.0900. The Kier molecular flexibility index (Phi) is 7.24. The van der Waals surface area contributed by atoms with Gasteiger partial charge in [-0.2, -0.15) is 0 Å². The fraction of sp³-hybridized carbons (Fsp3) is 0.917. The number of carbonyl (C=O) groups excluding carboxylic acids is 1. The number of ether oxygens (including phenoxy) is 1. The van der Waals surface area contributed by atoms with Crippen LogP contribution in [0.15, 0.2) is 0 Å². The Balaban J connectivity index is 4.71. The van der Waals surface area contributed by atoms with E-state index >= 15 is 0 Å². The van der Waals surface area contributed by atoms with Gasteiger partial charge in [0.15, 0.2) is 0 Å². The molecule has 0 radical (unpaired) electrons. The minimum atomic E-state index is -0.497. The van der Waals surface area contributed by atoms with Gasteiger partial charge in [-0.15, -0.1) is 0 Å². The molecular weight excluding hydrogens is 270 g/mol. The number of halogens is 1. The average Bonchev–Trinajstić information content (AvgIpc) is 2.22. The number of hydrogen-bond donors (Lipinski definition) is 0. The second-order valence-corrected chi connectivity index (χ2v) is 6.42. The summed E-state index contributed by atoms with van der Waals surface area (Å²) in [7, 11) is 1.66. The second kappa shape index (κ2) is 7.28. The molecule has 0 aromatic rings. The van der Waals surface area contributed by atoms with Crippen LogP contribution < -0.4 is 0 Å². The Bertz CT molecular complexity index is 210. The zero-order chi connectivity index (χ0) is 12.8. The summed E-state index contributed by atoms with van der Waals surface area (Å²) < 4.78 is 4.57. The number of amides is 1. The molecule has 0 aromatic heterocycles. The first-order valence-corrected chi connectivity index (χ1v) is 6.66. The molecule has 4 heteroatoms. The van der Waals surface area contributed by atoms with Crippen LogP contribution in [0.4, 0.5) is 0 Å². The van der Waals surface area contributed by atoms with Crippen LogP contribution in [0.2, 0.25) is 0 Å². The Morgan fingerprint density at radius 1 is 1.38 bits per heavy atom. The number of carbonyl (C=O) groups is 1. The van der Waals surface area contributed by atoms with Crippen LogP contribution >= 0.6 is 15.9 Å². The highest BCUT2D eigenvalue weighted by molar-refractivity contribution is 9.10. The summed E-state index contributed by atoms with van der Waals surface area (Å²) in [5, 5.41) is 0. The van der Waals surface area contributed by atoms with E-state index in [1.54, 1.807) is 7.11 Å². The summed E-state index contributed by atoms with van der Waals surface area (Å²) in [5.74, 6) is 0.137. The lowest BCUT2D eigenvalue weighted by Gasteiger charge is -2.34. The number of hydrogen-bond acceptors (Lipinski definition) is 2. The van der Waals surface area contributed by atoms with Gasteiger partial charge in [0.1, 0.15) is 0 Å². The van der Waals surface area contributed by atoms with E-state index in [0.717, 1.165) is 12.8 Å². The molecule has 16 heavy (non-hydrogen) atoms. The van der Waals surface area contributed by atoms with E-state index in [2.05, 4.69) is 29.8 Å². The van der Waals surface area contributed by atoms with Crippen molar-refractivity contribution < 1.29 is 9.53 Å². The molecule has 0 saturated heterocycles. The monoisotopic (exact) mass is 293 g/mol. The molecule has 0 fully saturated rings. The molecule has 0 aliphatic carbocycles. The van der Waals surface area contributed by atoms with E-state index in [1.165, 1.54) is 0 Å². The van der Waals surface area contributed by atoms with Crippen molar-refractivity contribution >= 4 is 21.8 Å². The zero-order valence-corrected chi connectivity index (χ0v) is 12.6. The zero-order valence-electron chi connectivity index (χ0n) is 11.0. The third kappa shape index (κ3) is 4.83. The van der Waals surface area contributed by atoms with Crippen LogP contribution in [0.3, 0.4) is 0 Å². The first-order chi connectivity index (χ1) is 7.38. The van der Waals surface area contributed by atoms with E-state index in [-0.39, 0.29) is 5.91 Å². The van der Waals surface area contributed by atoms with E-state index in [0.29, 0.717) is 19.2 Å². The van der Waals surface area contributed by atoms with Gasteiger partial charge in [-0.05, 0) is 26.7 Å². The van der Waals surface area contributed by atoms with Crippen molar-refractivity contribution in [2.24, 2.45) is 0 Å². The molecule has 0 atom stereocenters. The molecule has 0 spiro atoms. The van der Waals surface area contributed by atoms with E-state index < -0.39 is 4.32 Å². The van der Waals surface area contributed by atoms with Gasteiger partial charge in [-0.25, -0.2) is 0 Å². The van der Waals surface area contributed by atoms with Gasteiger partial charge in [0.05, 0.1) is 10.9 Å². The maximum atomic E-state index is 12.3. The van der Waals surface area contributed by atoms with Crippen LogP contribution in [0, 0.1) is 0 Å². The summed E-state index contributed by atoms with van der Waals surface area (Å²) in [5.41, 5.74) is 0. The molecule has 96 valence electrons. The number of rotatable bonds is 7. The van der Waals surface area contributed by atoms with Crippen LogP contribution in [0.1, 0.15) is 40.5 Å². The Morgan fingerprint density at radius 2 is 1.88 bits per heavy atom. The van der Waals surface area contributed by atoms with Gasteiger partial charge in [-0.3, -0.25) is 4.79 Å². The number of alkyl halides is 1. The average molecular weight is 294 g/mol. The summed E-state index contributed by atoms with van der Waals surface area (Å²) in [6, 6.07) is 0.305. The fourth-order valence-electron chi connectivity index (χ4n) is 1.71. The van der Waals surface area contributed by atoms with Gasteiger partial charge < -0.3 is 9.64 Å². The van der Waals surface area contributed by atoms with Crippen LogP contribution in [-0.2, 0) is 9.53 Å². The van der Waals surface area contributed by atoms with Crippen molar-refractivity contribution in [2.75, 3.05) is 20.3 Å². The largest absolute Gasteiger partial charge is 0.383 e. The number of nitrogens with zero attached hydrogens (tertiary/aromatic N) is 1. The van der Waals surface area contributed by atoms with Crippen molar-refractivity contribution in [3.05, 3.63) is 0 Å². The molecule has 0 saturated carbocycles. The van der Waals surface area contributed by atoms with E-state index in [9.17, 15) is 4.79 Å². The van der Waals surface area contributed by atoms with Crippen molar-refractivity contribution in [3.8, 4) is 0 Å². The van der Waals surface area contributed by atoms with Crippen LogP contribution in [0.25, 0.3) is 0 Å². The molecule has 1 amide bonds. The maximum absolute atomic E-state index is 12.3. The van der Waals surface area contributed by atoms with Gasteiger partial charge in [0.2, 0.25) is 5.91 Å². The molecule has 0 N–H and O–H groups in total. The van der Waals surface area contributed by atoms with E-state index in [1.807, 2.05) is 18.7 Å². The summed E-state index contributed by atoms with van der Waals surface area (Å²) in [6.45, 7) is 9.25. The predicted octanol–water partition coefficient (Wildman–Crippen LogP) is 2.82. The minimum Gasteiger partial charge on any atom is -0.383 e. The SMILES string of the molecule is CCC(CC)N(CCOC)C(=O)C(C)(C)Br. The van der Waals surface area contributed by atoms with Gasteiger partial charge in [-0.1, -0.05) is 29.8 Å². The summed E-state index contributed by atoms with van der Waals surface area (Å²) in [6.07, 6.45) is 1.96. The standard InChI is InChI=1S/C12H24BrNO2/c1-6-10(7-2)14(8-9-16-5)11(15)12(3,4)13/h10H,6-9H2,1-5H3. The molecule has 0 aliphatic heterocycles. The molecule has 0 heterocycles. The van der Waals surface area contributed by atoms with Crippen molar-refractivity contribution in [1.82, 2.24) is 4.90 Å². The molecular formula is C12H24BrNO2. The lowest BCUT2D eigenvalue weighted by molar-refractivity contribution is -0.136. The summed E-state index contributed by atoms with van der Waals surface area (Å²) in [4.78, 5) is 14.2. The topological polar surface area (TPSA) is 29.5 Å². The highest BCUT2D eigenvalue weighted by atomic mass is 79.9. The highest BCUT2D eigenvalue weighted by Crippen LogP contribution is 2.22. The van der Waals surface area contributed by atoms with Crippen molar-refractivity contribution in [2.45, 2.75) is 50.9 Å². The Labute approximate surface area is 108 Å². The van der Waals surface area contributed by atoms with Crippen LogP contribution in [-0.4, -0.2) is 41.4 Å². The van der Waals surface area contributed by atoms with Gasteiger partial charge in [0, 0.05) is 19.7 Å². The molecule has 0 unspecified atom stereocenters. The third-order valence-electron chi connectivity index (χ3n) is 2.69. The number of methoxy groups -OCH3 is 1. The van der Waals surface area contributed by atoms with Crippen molar-refractivity contribution in [1.29, 1.82) is 0 Å². The normalized spacial score (nSPS) is 11.9. The smallest absolute Gasteiger partial charge is 0.239 e. The first-order valence-electron chi connectivity index (χ1n) is 5.87. The molecule has 0 aliphatic rings. The quantitative estimate of drug-likeness (QED) is 0.676. The molecule has 0 rings (SSSR count). The second-order valence-electron chi connectivity index (χ2n) is 4.43. The Morgan fingerprint density at radius 3 is 2.19 bits per heavy atom. The highest BCUT2D eigenvalue weighted by Gasteiger charge is 2.31. The molecule has 0 aromatic carbocycles.